The van der Waals surface area contributed by atoms with Gasteiger partial charge in [-0.15, -0.1) is 11.3 Å². The Kier molecular flexibility index (Phi) is 9.52. The van der Waals surface area contributed by atoms with Crippen LogP contribution in [-0.2, 0) is 19.6 Å². The molecule has 0 radical (unpaired) electrons. The van der Waals surface area contributed by atoms with Crippen molar-refractivity contribution in [1.82, 2.24) is 9.29 Å². The number of carbonyl (C=O) groups is 2. The molecule has 1 unspecified atom stereocenters. The summed E-state index contributed by atoms with van der Waals surface area (Å²) >= 11 is 1.14. The minimum absolute atomic E-state index is 0.0403. The molecule has 1 amide bonds. The first-order chi connectivity index (χ1) is 22.2. The lowest BCUT2D eigenvalue weighted by Gasteiger charge is -2.45. The number of morpholine rings is 1. The number of carboxylic acid groups (broad SMARTS) is 1. The van der Waals surface area contributed by atoms with Crippen LogP contribution in [0.3, 0.4) is 0 Å². The molecule has 12 heteroatoms. The second-order valence-electron chi connectivity index (χ2n) is 12.5. The minimum Gasteiger partial charge on any atom is -0.477 e. The summed E-state index contributed by atoms with van der Waals surface area (Å²) in [6, 6.07) is 14.1. The Balaban J connectivity index is 1.29. The summed E-state index contributed by atoms with van der Waals surface area (Å²) in [7, 11) is -4.05. The monoisotopic (exact) mass is 666 g/mol. The van der Waals surface area contributed by atoms with Crippen molar-refractivity contribution < 1.29 is 27.9 Å². The van der Waals surface area contributed by atoms with E-state index < -0.39 is 27.9 Å². The zero-order valence-corrected chi connectivity index (χ0v) is 28.1. The van der Waals surface area contributed by atoms with Crippen LogP contribution < -0.4 is 9.80 Å². The fourth-order valence-electron chi connectivity index (χ4n) is 7.18. The summed E-state index contributed by atoms with van der Waals surface area (Å²) < 4.78 is 35.4. The van der Waals surface area contributed by atoms with Gasteiger partial charge in [0.15, 0.2) is 0 Å². The number of aromatic nitrogens is 1. The summed E-state index contributed by atoms with van der Waals surface area (Å²) in [4.78, 5) is 35.7. The van der Waals surface area contributed by atoms with Gasteiger partial charge >= 0.3 is 5.97 Å². The number of pyridine rings is 1. The van der Waals surface area contributed by atoms with E-state index in [2.05, 4.69) is 23.7 Å². The molecule has 0 bridgehead atoms. The molecule has 46 heavy (non-hydrogen) atoms. The number of carboxylic acids is 1. The molecule has 2 aromatic heterocycles. The maximum atomic E-state index is 14.0. The number of benzene rings is 1. The van der Waals surface area contributed by atoms with Crippen molar-refractivity contribution in [1.29, 1.82) is 0 Å². The number of piperazine rings is 1. The van der Waals surface area contributed by atoms with Gasteiger partial charge < -0.3 is 19.6 Å². The van der Waals surface area contributed by atoms with Crippen molar-refractivity contribution >= 4 is 44.7 Å². The summed E-state index contributed by atoms with van der Waals surface area (Å²) in [5, 5.41) is 10.2. The number of carbonyl (C=O) groups excluding carboxylic acids is 1. The predicted molar refractivity (Wildman–Crippen MR) is 179 cm³/mol. The van der Waals surface area contributed by atoms with Gasteiger partial charge in [-0.25, -0.2) is 18.2 Å². The predicted octanol–water partition coefficient (Wildman–Crippen LogP) is 5.89. The van der Waals surface area contributed by atoms with Gasteiger partial charge in [0.1, 0.15) is 15.6 Å². The molecule has 1 N–H and O–H groups in total. The summed E-state index contributed by atoms with van der Waals surface area (Å²) in [6.45, 7) is 5.89. The van der Waals surface area contributed by atoms with Crippen molar-refractivity contribution in [3.63, 3.8) is 0 Å². The molecular weight excluding hydrogens is 625 g/mol. The number of hydrogen-bond acceptors (Lipinski definition) is 8. The van der Waals surface area contributed by atoms with Gasteiger partial charge in [0.25, 0.3) is 0 Å². The van der Waals surface area contributed by atoms with Gasteiger partial charge in [0, 0.05) is 30.7 Å². The largest absolute Gasteiger partial charge is 0.477 e. The Morgan fingerprint density at radius 2 is 1.83 bits per heavy atom. The van der Waals surface area contributed by atoms with Crippen LogP contribution in [0.5, 0.6) is 0 Å². The van der Waals surface area contributed by atoms with Crippen LogP contribution in [0, 0.1) is 5.92 Å². The van der Waals surface area contributed by atoms with E-state index in [0.717, 1.165) is 66.7 Å². The highest BCUT2D eigenvalue weighted by molar-refractivity contribution is 7.89. The topological polar surface area (TPSA) is 120 Å². The number of hydrogen-bond donors (Lipinski definition) is 1. The Labute approximate surface area is 275 Å². The first kappa shape index (κ1) is 32.6. The van der Waals surface area contributed by atoms with E-state index >= 15 is 0 Å². The molecule has 1 aliphatic carbocycles. The number of anilines is 2. The maximum absolute atomic E-state index is 14.0. The highest BCUT2D eigenvalue weighted by atomic mass is 32.2. The lowest BCUT2D eigenvalue weighted by Crippen LogP contribution is -2.60. The van der Waals surface area contributed by atoms with Gasteiger partial charge in [0.05, 0.1) is 30.5 Å². The lowest BCUT2D eigenvalue weighted by molar-refractivity contribution is -0.121. The zero-order valence-electron chi connectivity index (χ0n) is 26.4. The molecule has 4 heterocycles. The van der Waals surface area contributed by atoms with Crippen LogP contribution in [0.25, 0.3) is 10.4 Å². The van der Waals surface area contributed by atoms with E-state index in [9.17, 15) is 23.1 Å². The molecule has 10 nitrogen and oxygen atoms in total. The Morgan fingerprint density at radius 3 is 2.48 bits per heavy atom. The fraction of sp³-hybridized carbons (Fsp3) is 0.500. The van der Waals surface area contributed by atoms with Crippen molar-refractivity contribution in [2.75, 3.05) is 42.6 Å². The third kappa shape index (κ3) is 6.32. The van der Waals surface area contributed by atoms with Crippen LogP contribution >= 0.6 is 11.3 Å². The van der Waals surface area contributed by atoms with Crippen molar-refractivity contribution in [3.8, 4) is 10.4 Å². The number of ether oxygens (including phenoxy) is 1. The second-order valence-corrected chi connectivity index (χ2v) is 15.5. The van der Waals surface area contributed by atoms with Gasteiger partial charge in [-0.2, -0.15) is 4.31 Å². The molecule has 3 aliphatic rings. The van der Waals surface area contributed by atoms with E-state index in [1.807, 2.05) is 30.3 Å². The van der Waals surface area contributed by atoms with E-state index in [4.69, 9.17) is 4.74 Å². The molecule has 1 aromatic carbocycles. The van der Waals surface area contributed by atoms with E-state index in [-0.39, 0.29) is 34.4 Å². The standard InChI is InChI=1S/C34H42N4O6S2/c1-3-34(4-2)23-36(17-18-44-34)30-16-15-26(20-35-30)46(42,43)37-21-28(24-11-7-5-8-12-24)38(31(39)22-37)27-19-29(45-32(27)33(40)41)25-13-9-6-10-14-25/h6,9-10,13-16,19-20,24,28H,3-5,7-8,11-12,17-18,21-23H2,1-2H3,(H,40,41). The number of rotatable bonds is 9. The highest BCUT2D eigenvalue weighted by Gasteiger charge is 2.44. The first-order valence-electron chi connectivity index (χ1n) is 16.3. The maximum Gasteiger partial charge on any atom is 0.348 e. The van der Waals surface area contributed by atoms with Crippen molar-refractivity contribution in [3.05, 3.63) is 59.6 Å². The van der Waals surface area contributed by atoms with Crippen LogP contribution in [0.2, 0.25) is 0 Å². The molecule has 1 atom stereocenters. The van der Waals surface area contributed by atoms with Gasteiger partial charge in [-0.3, -0.25) is 4.79 Å². The summed E-state index contributed by atoms with van der Waals surface area (Å²) in [6.07, 6.45) is 7.92. The Bertz CT molecular complexity index is 1650. The lowest BCUT2D eigenvalue weighted by atomic mass is 9.82. The normalized spacial score (nSPS) is 21.4. The van der Waals surface area contributed by atoms with Crippen LogP contribution in [0.1, 0.15) is 68.5 Å². The molecule has 246 valence electrons. The minimum atomic E-state index is -4.05. The number of amides is 1. The van der Waals surface area contributed by atoms with E-state index in [1.165, 1.54) is 10.5 Å². The smallest absolute Gasteiger partial charge is 0.348 e. The number of aromatic carboxylic acids is 1. The zero-order chi connectivity index (χ0) is 32.5. The van der Waals surface area contributed by atoms with E-state index in [0.29, 0.717) is 31.2 Å². The molecule has 6 rings (SSSR count). The quantitative estimate of drug-likeness (QED) is 0.300. The molecule has 3 aromatic rings. The summed E-state index contributed by atoms with van der Waals surface area (Å²) in [5.41, 5.74) is 0.969. The molecule has 1 saturated carbocycles. The molecule has 2 saturated heterocycles. The van der Waals surface area contributed by atoms with Gasteiger partial charge in [0.2, 0.25) is 15.9 Å². The van der Waals surface area contributed by atoms with Crippen molar-refractivity contribution in [2.24, 2.45) is 5.92 Å². The Hall–Kier alpha value is -3.32. The first-order valence-corrected chi connectivity index (χ1v) is 18.5. The second kappa shape index (κ2) is 13.4. The molecule has 3 fully saturated rings. The SMILES string of the molecule is CCC1(CC)CN(c2ccc(S(=O)(=O)N3CC(=O)N(c4cc(-c5ccccc5)sc4C(=O)O)C(C4CCCCC4)C3)cn2)CCO1. The van der Waals surface area contributed by atoms with Gasteiger partial charge in [-0.1, -0.05) is 63.4 Å². The Morgan fingerprint density at radius 1 is 1.09 bits per heavy atom. The molecule has 0 spiro atoms. The number of thiophene rings is 1. The van der Waals surface area contributed by atoms with Crippen LogP contribution in [0.4, 0.5) is 11.5 Å². The number of nitrogens with zero attached hydrogens (tertiary/aromatic N) is 4. The molecule has 2 aliphatic heterocycles. The van der Waals surface area contributed by atoms with Crippen molar-refractivity contribution in [2.45, 2.75) is 75.3 Å². The average Bonchev–Trinajstić information content (AvgIpc) is 3.54. The summed E-state index contributed by atoms with van der Waals surface area (Å²) in [5.74, 6) is -0.772. The fourth-order valence-corrected chi connectivity index (χ4v) is 9.53. The third-order valence-electron chi connectivity index (χ3n) is 9.94. The third-order valence-corrected chi connectivity index (χ3v) is 12.9. The van der Waals surface area contributed by atoms with Crippen LogP contribution in [-0.4, -0.2) is 79.1 Å². The average molecular weight is 667 g/mol. The number of sulfonamides is 1. The van der Waals surface area contributed by atoms with Crippen LogP contribution in [0.15, 0.2) is 59.6 Å². The highest BCUT2D eigenvalue weighted by Crippen LogP contribution is 2.42. The molecular formula is C34H42N4O6S2. The van der Waals surface area contributed by atoms with E-state index in [1.54, 1.807) is 23.1 Å². The van der Waals surface area contributed by atoms with Gasteiger partial charge in [-0.05, 0) is 55.4 Å².